The number of phenols is 4. The smallest absolute Gasteiger partial charge is 0.169 e. The molecule has 0 saturated heterocycles. The fraction of sp³-hybridized carbons (Fsp3) is 0.429. The molecule has 0 radical (unpaired) electrons. The molecular weight excluding hydrogens is 316 g/mol. The summed E-state index contributed by atoms with van der Waals surface area (Å²) in [4.78, 5) is 0. The van der Waals surface area contributed by atoms with Crippen LogP contribution in [0, 0.1) is 5.92 Å². The monoisotopic (exact) mass is 344 g/mol. The normalized spacial score (nSPS) is 20.7. The highest BCUT2D eigenvalue weighted by Gasteiger charge is 2.33. The van der Waals surface area contributed by atoms with Crippen molar-refractivity contribution in [3.63, 3.8) is 0 Å². The van der Waals surface area contributed by atoms with Gasteiger partial charge < -0.3 is 20.4 Å². The molecule has 2 atom stereocenters. The number of hydrogen-bond acceptors (Lipinski definition) is 4. The van der Waals surface area contributed by atoms with Gasteiger partial charge in [-0.05, 0) is 39.0 Å². The Morgan fingerprint density at radius 1 is 1.16 bits per heavy atom. The van der Waals surface area contributed by atoms with Gasteiger partial charge in [-0.25, -0.2) is 0 Å². The molecule has 1 aromatic carbocycles. The first kappa shape index (κ1) is 19.0. The Morgan fingerprint density at radius 3 is 2.28 bits per heavy atom. The van der Waals surface area contributed by atoms with E-state index in [1.165, 1.54) is 6.08 Å². The fourth-order valence-electron chi connectivity index (χ4n) is 3.48. The number of unbranched alkanes of at least 4 members (excludes halogenated alkanes) is 1. The highest BCUT2D eigenvalue weighted by atomic mass is 16.3. The highest BCUT2D eigenvalue weighted by molar-refractivity contribution is 5.75. The summed E-state index contributed by atoms with van der Waals surface area (Å²) in [5.41, 5.74) is 2.29. The van der Waals surface area contributed by atoms with Crippen LogP contribution in [0.25, 0.3) is 6.08 Å². The third kappa shape index (κ3) is 3.68. The summed E-state index contributed by atoms with van der Waals surface area (Å²) >= 11 is 0. The lowest BCUT2D eigenvalue weighted by molar-refractivity contribution is 0.352. The largest absolute Gasteiger partial charge is 0.504 e. The van der Waals surface area contributed by atoms with Crippen LogP contribution in [0.1, 0.15) is 63.5 Å². The molecule has 0 bridgehead atoms. The van der Waals surface area contributed by atoms with Gasteiger partial charge in [-0.3, -0.25) is 0 Å². The average molecular weight is 344 g/mol. The quantitative estimate of drug-likeness (QED) is 0.330. The van der Waals surface area contributed by atoms with Gasteiger partial charge in [0.1, 0.15) is 0 Å². The van der Waals surface area contributed by atoms with Gasteiger partial charge in [-0.1, -0.05) is 49.3 Å². The number of phenolic OH excluding ortho intramolecular Hbond substituents is 4. The van der Waals surface area contributed by atoms with Crippen molar-refractivity contribution >= 4 is 6.08 Å². The van der Waals surface area contributed by atoms with Crippen molar-refractivity contribution in [2.75, 3.05) is 0 Å². The average Bonchev–Trinajstić information content (AvgIpc) is 2.56. The van der Waals surface area contributed by atoms with Gasteiger partial charge in [-0.15, -0.1) is 0 Å². The molecule has 1 aromatic rings. The zero-order valence-corrected chi connectivity index (χ0v) is 15.2. The van der Waals surface area contributed by atoms with Crippen molar-refractivity contribution in [2.24, 2.45) is 5.92 Å². The van der Waals surface area contributed by atoms with Crippen molar-refractivity contribution < 1.29 is 20.4 Å². The lowest BCUT2D eigenvalue weighted by Gasteiger charge is -2.31. The molecule has 0 fully saturated rings. The molecule has 0 aliphatic heterocycles. The van der Waals surface area contributed by atoms with Crippen molar-refractivity contribution in [3.8, 4) is 23.0 Å². The molecule has 25 heavy (non-hydrogen) atoms. The molecule has 136 valence electrons. The Kier molecular flexibility index (Phi) is 5.83. The fourth-order valence-corrected chi connectivity index (χ4v) is 3.48. The molecule has 2 rings (SSSR count). The third-order valence-corrected chi connectivity index (χ3v) is 4.92. The van der Waals surface area contributed by atoms with Crippen molar-refractivity contribution in [1.82, 2.24) is 0 Å². The zero-order valence-electron chi connectivity index (χ0n) is 15.2. The van der Waals surface area contributed by atoms with Crippen LogP contribution < -0.4 is 0 Å². The molecule has 1 aliphatic carbocycles. The molecule has 1 aliphatic rings. The van der Waals surface area contributed by atoms with E-state index < -0.39 is 11.5 Å². The van der Waals surface area contributed by atoms with E-state index >= 15 is 0 Å². The summed E-state index contributed by atoms with van der Waals surface area (Å²) in [6.45, 7) is 9.95. The standard InChI is InChI=1S/C21H28O4/c1-5-6-7-8-15-18(22)20(24)17(21(25)19(15)23)16-11-13(4)9-10-14(16)12(2)3/h7-8,11,14,16,22-25H,2,5-6,9-10H2,1,3-4H3/b8-7+/t14?,16-/m1/s1. The predicted octanol–water partition coefficient (Wildman–Crippen LogP) is 5.34. The molecule has 0 saturated carbocycles. The summed E-state index contributed by atoms with van der Waals surface area (Å²) < 4.78 is 0. The lowest BCUT2D eigenvalue weighted by atomic mass is 9.73. The Hall–Kier alpha value is -2.36. The minimum Gasteiger partial charge on any atom is -0.504 e. The SMILES string of the molecule is C=C(C)C1CCC(C)=C[C@H]1c1c(O)c(O)c(/C=C/CCC)c(O)c1O. The Balaban J connectivity index is 2.62. The Labute approximate surface area is 149 Å². The molecule has 4 N–H and O–H groups in total. The minimum atomic E-state index is -0.408. The molecular formula is C21H28O4. The summed E-state index contributed by atoms with van der Waals surface area (Å²) in [6, 6.07) is 0. The van der Waals surface area contributed by atoms with Crippen LogP contribution >= 0.6 is 0 Å². The van der Waals surface area contributed by atoms with Gasteiger partial charge in [0.05, 0.1) is 11.1 Å². The maximum atomic E-state index is 10.6. The first-order valence-corrected chi connectivity index (χ1v) is 8.78. The first-order chi connectivity index (χ1) is 11.8. The lowest BCUT2D eigenvalue weighted by Crippen LogP contribution is -2.17. The van der Waals surface area contributed by atoms with E-state index in [1.54, 1.807) is 6.08 Å². The van der Waals surface area contributed by atoms with Crippen molar-refractivity contribution in [3.05, 3.63) is 41.0 Å². The van der Waals surface area contributed by atoms with E-state index in [0.29, 0.717) is 0 Å². The molecule has 1 unspecified atom stereocenters. The summed E-state index contributed by atoms with van der Waals surface area (Å²) in [7, 11) is 0. The second kappa shape index (κ2) is 7.68. The van der Waals surface area contributed by atoms with Crippen LogP contribution in [0.5, 0.6) is 23.0 Å². The van der Waals surface area contributed by atoms with Crippen LogP contribution in [-0.2, 0) is 0 Å². The van der Waals surface area contributed by atoms with Crippen LogP contribution in [-0.4, -0.2) is 20.4 Å². The Morgan fingerprint density at radius 2 is 1.76 bits per heavy atom. The van der Waals surface area contributed by atoms with Crippen LogP contribution in [0.15, 0.2) is 29.9 Å². The summed E-state index contributed by atoms with van der Waals surface area (Å²) in [5, 5.41) is 41.9. The minimum absolute atomic E-state index is 0.0285. The number of allylic oxidation sites excluding steroid dienone is 4. The second-order valence-corrected chi connectivity index (χ2v) is 6.94. The van der Waals surface area contributed by atoms with Crippen molar-refractivity contribution in [2.45, 2.75) is 52.4 Å². The van der Waals surface area contributed by atoms with Crippen LogP contribution in [0.2, 0.25) is 0 Å². The van der Waals surface area contributed by atoms with Gasteiger partial charge >= 0.3 is 0 Å². The number of hydrogen-bond donors (Lipinski definition) is 4. The maximum absolute atomic E-state index is 10.6. The van der Waals surface area contributed by atoms with E-state index in [2.05, 4.69) is 6.58 Å². The van der Waals surface area contributed by atoms with E-state index in [0.717, 1.165) is 36.8 Å². The number of benzene rings is 1. The Bertz CT molecular complexity index is 699. The van der Waals surface area contributed by atoms with E-state index in [9.17, 15) is 20.4 Å². The van der Waals surface area contributed by atoms with Gasteiger partial charge in [0.15, 0.2) is 23.0 Å². The molecule has 0 amide bonds. The van der Waals surface area contributed by atoms with Crippen molar-refractivity contribution in [1.29, 1.82) is 0 Å². The molecule has 4 nitrogen and oxygen atoms in total. The van der Waals surface area contributed by atoms with E-state index in [1.807, 2.05) is 26.8 Å². The highest BCUT2D eigenvalue weighted by Crippen LogP contribution is 2.54. The first-order valence-electron chi connectivity index (χ1n) is 8.78. The van der Waals surface area contributed by atoms with Gasteiger partial charge in [0.2, 0.25) is 0 Å². The van der Waals surface area contributed by atoms with E-state index in [4.69, 9.17) is 0 Å². The topological polar surface area (TPSA) is 80.9 Å². The summed E-state index contributed by atoms with van der Waals surface area (Å²) in [6.07, 6.45) is 8.74. The number of aromatic hydroxyl groups is 4. The molecule has 4 heteroatoms. The maximum Gasteiger partial charge on any atom is 0.169 e. The molecule has 0 aromatic heterocycles. The number of rotatable bonds is 5. The predicted molar refractivity (Wildman–Crippen MR) is 101 cm³/mol. The van der Waals surface area contributed by atoms with Gasteiger partial charge in [-0.2, -0.15) is 0 Å². The van der Waals surface area contributed by atoms with Crippen LogP contribution in [0.3, 0.4) is 0 Å². The molecule has 0 spiro atoms. The van der Waals surface area contributed by atoms with E-state index in [-0.39, 0.29) is 34.5 Å². The summed E-state index contributed by atoms with van der Waals surface area (Å²) in [5.74, 6) is -1.88. The third-order valence-electron chi connectivity index (χ3n) is 4.92. The van der Waals surface area contributed by atoms with Gasteiger partial charge in [0, 0.05) is 5.92 Å². The van der Waals surface area contributed by atoms with Gasteiger partial charge in [0.25, 0.3) is 0 Å². The zero-order chi connectivity index (χ0) is 18.7. The second-order valence-electron chi connectivity index (χ2n) is 6.94. The molecule has 0 heterocycles. The van der Waals surface area contributed by atoms with Crippen LogP contribution in [0.4, 0.5) is 0 Å².